The van der Waals surface area contributed by atoms with Crippen LogP contribution < -0.4 is 4.90 Å². The second-order valence-corrected chi connectivity index (χ2v) is 8.08. The van der Waals surface area contributed by atoms with Crippen molar-refractivity contribution in [3.63, 3.8) is 0 Å². The molecule has 7 heteroatoms. The molecule has 0 aromatic heterocycles. The van der Waals surface area contributed by atoms with Gasteiger partial charge in [0, 0.05) is 22.6 Å². The van der Waals surface area contributed by atoms with E-state index in [1.165, 1.54) is 6.07 Å². The van der Waals surface area contributed by atoms with Crippen LogP contribution in [-0.2, 0) is 14.4 Å². The average molecular weight is 388 g/mol. The lowest BCUT2D eigenvalue weighted by atomic mass is 10.1. The summed E-state index contributed by atoms with van der Waals surface area (Å²) in [5, 5.41) is -0.0782. The number of hydrogen-bond acceptors (Lipinski definition) is 4. The van der Waals surface area contributed by atoms with Gasteiger partial charge in [0.25, 0.3) is 0 Å². The van der Waals surface area contributed by atoms with Crippen molar-refractivity contribution in [2.24, 2.45) is 17.8 Å². The van der Waals surface area contributed by atoms with Gasteiger partial charge < -0.3 is 0 Å². The molecule has 2 amide bonds. The zero-order chi connectivity index (χ0) is 19.5. The first-order chi connectivity index (χ1) is 11.5. The Morgan fingerprint density at radius 2 is 1.44 bits per heavy atom. The highest BCUT2D eigenvalue weighted by Crippen LogP contribution is 2.36. The van der Waals surface area contributed by atoms with E-state index in [1.807, 2.05) is 0 Å². The van der Waals surface area contributed by atoms with Crippen LogP contribution in [0.3, 0.4) is 0 Å². The molecule has 4 nitrogen and oxygen atoms in total. The summed E-state index contributed by atoms with van der Waals surface area (Å²) in [5.74, 6) is -3.02. The highest BCUT2D eigenvalue weighted by molar-refractivity contribution is 8.13. The van der Waals surface area contributed by atoms with Crippen molar-refractivity contribution in [3.05, 3.63) is 23.0 Å². The van der Waals surface area contributed by atoms with E-state index in [4.69, 9.17) is 11.6 Å². The molecular formula is C18H23ClFNO3S. The van der Waals surface area contributed by atoms with Gasteiger partial charge in [0.05, 0.1) is 10.7 Å². The van der Waals surface area contributed by atoms with Crippen LogP contribution in [0.4, 0.5) is 10.1 Å². The number of hydrogen-bond donors (Lipinski definition) is 0. The summed E-state index contributed by atoms with van der Waals surface area (Å²) in [6.45, 7) is 10.0. The molecule has 0 heterocycles. The van der Waals surface area contributed by atoms with Gasteiger partial charge in [0.15, 0.2) is 5.12 Å². The minimum absolute atomic E-state index is 0.0641. The van der Waals surface area contributed by atoms with E-state index in [2.05, 4.69) is 0 Å². The number of thioether (sulfide) groups is 1. The SMILES string of the molecule is CC(C)C(=O)Sc1cc(N(C(=O)C(C)C)C(=O)C(C)C)c(F)cc1Cl. The Kier molecular flexibility index (Phi) is 7.62. The minimum Gasteiger partial charge on any atom is -0.287 e. The average Bonchev–Trinajstić information content (AvgIpc) is 2.50. The predicted octanol–water partition coefficient (Wildman–Crippen LogP) is 4.93. The Labute approximate surface area is 157 Å². The Morgan fingerprint density at radius 1 is 0.960 bits per heavy atom. The van der Waals surface area contributed by atoms with Gasteiger partial charge in [0.2, 0.25) is 11.8 Å². The lowest BCUT2D eigenvalue weighted by Gasteiger charge is -2.25. The zero-order valence-electron chi connectivity index (χ0n) is 15.2. The number of imide groups is 1. The van der Waals surface area contributed by atoms with Crippen LogP contribution in [0, 0.1) is 23.6 Å². The van der Waals surface area contributed by atoms with E-state index in [0.717, 1.165) is 22.7 Å². The lowest BCUT2D eigenvalue weighted by Crippen LogP contribution is -2.42. The van der Waals surface area contributed by atoms with Crippen molar-refractivity contribution < 1.29 is 18.8 Å². The van der Waals surface area contributed by atoms with Crippen LogP contribution in [0.5, 0.6) is 0 Å². The molecule has 0 fully saturated rings. The molecule has 1 aromatic carbocycles. The van der Waals surface area contributed by atoms with Gasteiger partial charge in [-0.2, -0.15) is 0 Å². The molecule has 1 aromatic rings. The normalized spacial score (nSPS) is 11.3. The van der Waals surface area contributed by atoms with Crippen LogP contribution >= 0.6 is 23.4 Å². The summed E-state index contributed by atoms with van der Waals surface area (Å²) >= 11 is 6.91. The largest absolute Gasteiger partial charge is 0.287 e. The van der Waals surface area contributed by atoms with Gasteiger partial charge in [0.1, 0.15) is 5.82 Å². The van der Waals surface area contributed by atoms with E-state index >= 15 is 0 Å². The molecule has 0 saturated heterocycles. The highest BCUT2D eigenvalue weighted by atomic mass is 35.5. The summed E-state index contributed by atoms with van der Waals surface area (Å²) < 4.78 is 14.5. The maximum Gasteiger partial charge on any atom is 0.236 e. The van der Waals surface area contributed by atoms with Crippen molar-refractivity contribution in [3.8, 4) is 0 Å². The number of nitrogens with zero attached hydrogens (tertiary/aromatic N) is 1. The van der Waals surface area contributed by atoms with Crippen molar-refractivity contribution in [1.29, 1.82) is 0 Å². The molecule has 0 spiro atoms. The van der Waals surface area contributed by atoms with Crippen molar-refractivity contribution in [1.82, 2.24) is 0 Å². The molecule has 0 unspecified atom stereocenters. The number of carbonyl (C=O) groups is 3. The molecule has 0 radical (unpaired) electrons. The minimum atomic E-state index is -0.783. The van der Waals surface area contributed by atoms with Crippen molar-refractivity contribution in [2.45, 2.75) is 46.4 Å². The second-order valence-electron chi connectivity index (χ2n) is 6.63. The summed E-state index contributed by atoms with van der Waals surface area (Å²) in [6.07, 6.45) is 0. The maximum absolute atomic E-state index is 14.5. The Morgan fingerprint density at radius 3 is 1.84 bits per heavy atom. The molecule has 0 aliphatic rings. The summed E-state index contributed by atoms with van der Waals surface area (Å²) in [4.78, 5) is 38.1. The molecule has 0 N–H and O–H groups in total. The molecule has 138 valence electrons. The Balaban J connectivity index is 3.46. The number of carbonyl (C=O) groups excluding carboxylic acids is 3. The molecule has 25 heavy (non-hydrogen) atoms. The summed E-state index contributed by atoms with van der Waals surface area (Å²) in [7, 11) is 0. The lowest BCUT2D eigenvalue weighted by molar-refractivity contribution is -0.129. The van der Waals surface area contributed by atoms with Gasteiger partial charge in [-0.3, -0.25) is 14.4 Å². The fourth-order valence-corrected chi connectivity index (χ4v) is 2.90. The van der Waals surface area contributed by atoms with Crippen molar-refractivity contribution in [2.75, 3.05) is 4.90 Å². The quantitative estimate of drug-likeness (QED) is 0.672. The first-order valence-electron chi connectivity index (χ1n) is 8.05. The third-order valence-corrected chi connectivity index (χ3v) is 5.01. The first kappa shape index (κ1) is 21.6. The van der Waals surface area contributed by atoms with Gasteiger partial charge in [-0.15, -0.1) is 0 Å². The van der Waals surface area contributed by atoms with Crippen LogP contribution in [-0.4, -0.2) is 16.9 Å². The number of rotatable bonds is 5. The number of anilines is 1. The van der Waals surface area contributed by atoms with Gasteiger partial charge in [-0.05, 0) is 12.1 Å². The Hall–Kier alpha value is -1.40. The fourth-order valence-electron chi connectivity index (χ4n) is 1.86. The molecular weight excluding hydrogens is 365 g/mol. The van der Waals surface area contributed by atoms with Gasteiger partial charge in [-0.1, -0.05) is 64.9 Å². The van der Waals surface area contributed by atoms with E-state index in [9.17, 15) is 18.8 Å². The van der Waals surface area contributed by atoms with E-state index in [0.29, 0.717) is 4.90 Å². The van der Waals surface area contributed by atoms with Gasteiger partial charge >= 0.3 is 0 Å². The first-order valence-corrected chi connectivity index (χ1v) is 9.25. The molecule has 0 saturated carbocycles. The van der Waals surface area contributed by atoms with E-state index < -0.39 is 29.5 Å². The molecule has 1 rings (SSSR count). The Bertz CT molecular complexity index is 669. The molecule has 0 atom stereocenters. The fraction of sp³-hybridized carbons (Fsp3) is 0.500. The number of benzene rings is 1. The monoisotopic (exact) mass is 387 g/mol. The maximum atomic E-state index is 14.5. The number of amides is 2. The van der Waals surface area contributed by atoms with Gasteiger partial charge in [-0.25, -0.2) is 9.29 Å². The second kappa shape index (κ2) is 8.81. The smallest absolute Gasteiger partial charge is 0.236 e. The highest BCUT2D eigenvalue weighted by Gasteiger charge is 2.30. The standard InChI is InChI=1S/C18H23ClFNO3S/c1-9(2)16(22)21(17(23)10(3)4)14-8-15(12(19)7-13(14)20)25-18(24)11(5)6/h7-11H,1-6H3. The third-order valence-electron chi connectivity index (χ3n) is 3.35. The molecule has 0 aliphatic carbocycles. The summed E-state index contributed by atoms with van der Waals surface area (Å²) in [6, 6.07) is 2.32. The third kappa shape index (κ3) is 5.28. The van der Waals surface area contributed by atoms with Crippen LogP contribution in [0.2, 0.25) is 5.02 Å². The topological polar surface area (TPSA) is 54.5 Å². The number of halogens is 2. The predicted molar refractivity (Wildman–Crippen MR) is 99.3 cm³/mol. The zero-order valence-corrected chi connectivity index (χ0v) is 16.8. The van der Waals surface area contributed by atoms with Crippen molar-refractivity contribution >= 4 is 46.0 Å². The molecule has 0 bridgehead atoms. The van der Waals surface area contributed by atoms with Crippen LogP contribution in [0.1, 0.15) is 41.5 Å². The van der Waals surface area contributed by atoms with E-state index in [-0.39, 0.29) is 21.7 Å². The molecule has 0 aliphatic heterocycles. The summed E-state index contributed by atoms with van der Waals surface area (Å²) in [5.41, 5.74) is -0.180. The van der Waals surface area contributed by atoms with Crippen LogP contribution in [0.25, 0.3) is 0 Å². The van der Waals surface area contributed by atoms with E-state index in [1.54, 1.807) is 41.5 Å². The van der Waals surface area contributed by atoms with Crippen LogP contribution in [0.15, 0.2) is 17.0 Å².